The van der Waals surface area contributed by atoms with Gasteiger partial charge < -0.3 is 10.5 Å². The van der Waals surface area contributed by atoms with Gasteiger partial charge in [-0.05, 0) is 32.4 Å². The lowest BCUT2D eigenvalue weighted by Crippen LogP contribution is -2.68. The number of nitrogens with two attached hydrogens (primary N) is 1. The molecule has 0 radical (unpaired) electrons. The van der Waals surface area contributed by atoms with Gasteiger partial charge in [0.1, 0.15) is 17.1 Å². The van der Waals surface area contributed by atoms with Gasteiger partial charge in [0, 0.05) is 10.6 Å². The fourth-order valence-electron chi connectivity index (χ4n) is 2.57. The molecule has 128 valence electrons. The number of thiazole rings is 1. The van der Waals surface area contributed by atoms with E-state index < -0.39 is 12.0 Å². The lowest BCUT2D eigenvalue weighted by Gasteiger charge is -2.48. The Morgan fingerprint density at radius 2 is 2.25 bits per heavy atom. The van der Waals surface area contributed by atoms with E-state index in [2.05, 4.69) is 4.98 Å². The average molecular weight is 365 g/mol. The van der Waals surface area contributed by atoms with Crippen molar-refractivity contribution in [3.05, 3.63) is 33.4 Å². The number of hydrogen-bond acceptors (Lipinski definition) is 7. The fourth-order valence-corrected chi connectivity index (χ4v) is 4.53. The molecule has 2 N–H and O–H groups in total. The molecule has 3 heterocycles. The number of ether oxygens (including phenoxy) is 1. The van der Waals surface area contributed by atoms with Crippen LogP contribution in [0.4, 0.5) is 0 Å². The van der Waals surface area contributed by atoms with Gasteiger partial charge in [0.25, 0.3) is 0 Å². The predicted octanol–water partition coefficient (Wildman–Crippen LogP) is 1.91. The molecule has 1 aromatic heterocycles. The van der Waals surface area contributed by atoms with Crippen LogP contribution in [0.3, 0.4) is 0 Å². The van der Waals surface area contributed by atoms with Crippen LogP contribution in [0.1, 0.15) is 24.4 Å². The summed E-state index contributed by atoms with van der Waals surface area (Å²) in [6.07, 6.45) is 3.55. The van der Waals surface area contributed by atoms with Crippen molar-refractivity contribution in [2.75, 3.05) is 5.75 Å². The van der Waals surface area contributed by atoms with Gasteiger partial charge in [0.2, 0.25) is 5.91 Å². The van der Waals surface area contributed by atoms with E-state index in [9.17, 15) is 9.59 Å². The summed E-state index contributed by atoms with van der Waals surface area (Å²) in [7, 11) is 0. The summed E-state index contributed by atoms with van der Waals surface area (Å²) in [5, 5.41) is -0.186. The molecule has 0 aromatic carbocycles. The van der Waals surface area contributed by atoms with Crippen molar-refractivity contribution in [1.82, 2.24) is 9.88 Å². The summed E-state index contributed by atoms with van der Waals surface area (Å²) >= 11 is 3.10. The largest absolute Gasteiger partial charge is 0.458 e. The molecular weight excluding hydrogens is 346 g/mol. The summed E-state index contributed by atoms with van der Waals surface area (Å²) in [4.78, 5) is 31.4. The standard InChI is InChI=1S/C16H19N3O3S2/c1-8(2)22-16(21)13-10(4-5-11-9(3)18-7-24-11)6-23-15-12(17)14(20)19(13)15/h4-5,7-8,12,15H,6,17H2,1-3H3/t12?,15-/m0/s1. The molecule has 2 aliphatic heterocycles. The third-order valence-electron chi connectivity index (χ3n) is 3.79. The molecule has 6 nitrogen and oxygen atoms in total. The van der Waals surface area contributed by atoms with Crippen molar-refractivity contribution in [2.45, 2.75) is 38.3 Å². The van der Waals surface area contributed by atoms with Gasteiger partial charge in [0.05, 0.1) is 17.3 Å². The number of aryl methyl sites for hydroxylation is 1. The number of allylic oxidation sites excluding steroid dienone is 1. The molecule has 2 aliphatic rings. The first-order valence-electron chi connectivity index (χ1n) is 7.62. The molecule has 24 heavy (non-hydrogen) atoms. The van der Waals surface area contributed by atoms with Crippen molar-refractivity contribution >= 4 is 41.1 Å². The van der Waals surface area contributed by atoms with E-state index in [4.69, 9.17) is 10.5 Å². The van der Waals surface area contributed by atoms with E-state index in [1.54, 1.807) is 31.1 Å². The Bertz CT molecular complexity index is 739. The van der Waals surface area contributed by atoms with Gasteiger partial charge in [0.15, 0.2) is 0 Å². The number of aromatic nitrogens is 1. The molecule has 0 saturated carbocycles. The normalized spacial score (nSPS) is 23.7. The molecular formula is C16H19N3O3S2. The first kappa shape index (κ1) is 17.2. The smallest absolute Gasteiger partial charge is 0.355 e. The van der Waals surface area contributed by atoms with Crippen LogP contribution in [-0.4, -0.2) is 45.0 Å². The zero-order valence-electron chi connectivity index (χ0n) is 13.7. The Kier molecular flexibility index (Phi) is 4.80. The number of carbonyl (C=O) groups is 2. The topological polar surface area (TPSA) is 85.5 Å². The van der Waals surface area contributed by atoms with Crippen molar-refractivity contribution in [1.29, 1.82) is 0 Å². The van der Waals surface area contributed by atoms with Gasteiger partial charge in [-0.1, -0.05) is 6.08 Å². The highest BCUT2D eigenvalue weighted by Crippen LogP contribution is 2.40. The fraction of sp³-hybridized carbons (Fsp3) is 0.438. The summed E-state index contributed by atoms with van der Waals surface area (Å²) in [5.74, 6) is -0.0991. The van der Waals surface area contributed by atoms with Gasteiger partial charge in [-0.3, -0.25) is 9.69 Å². The Morgan fingerprint density at radius 1 is 1.50 bits per heavy atom. The summed E-state index contributed by atoms with van der Waals surface area (Å²) in [6, 6.07) is -0.550. The zero-order valence-corrected chi connectivity index (χ0v) is 15.3. The highest BCUT2D eigenvalue weighted by atomic mass is 32.2. The molecule has 1 saturated heterocycles. The molecule has 2 atom stereocenters. The number of fused-ring (bicyclic) bond motifs is 1. The number of carbonyl (C=O) groups excluding carboxylic acids is 2. The van der Waals surface area contributed by atoms with E-state index in [1.165, 1.54) is 16.2 Å². The highest BCUT2D eigenvalue weighted by molar-refractivity contribution is 8.00. The molecule has 1 fully saturated rings. The maximum absolute atomic E-state index is 12.5. The number of β-lactam (4-membered cyclic amide) rings is 1. The van der Waals surface area contributed by atoms with Crippen LogP contribution < -0.4 is 5.73 Å². The van der Waals surface area contributed by atoms with Crippen molar-refractivity contribution < 1.29 is 14.3 Å². The summed E-state index contributed by atoms with van der Waals surface area (Å²) < 4.78 is 5.33. The van der Waals surface area contributed by atoms with Crippen LogP contribution in [0, 0.1) is 6.92 Å². The van der Waals surface area contributed by atoms with Crippen LogP contribution in [0.25, 0.3) is 6.08 Å². The Balaban J connectivity index is 1.95. The minimum Gasteiger partial charge on any atom is -0.458 e. The number of rotatable bonds is 4. The maximum Gasteiger partial charge on any atom is 0.355 e. The SMILES string of the molecule is Cc1ncsc1C=CC1=C(C(=O)OC(C)C)N2C(=O)C(N)[C@@H]2SC1. The molecule has 1 unspecified atom stereocenters. The third-order valence-corrected chi connectivity index (χ3v) is 6.01. The third kappa shape index (κ3) is 3.01. The summed E-state index contributed by atoms with van der Waals surface area (Å²) in [5.41, 5.74) is 9.65. The van der Waals surface area contributed by atoms with Gasteiger partial charge in [-0.2, -0.15) is 0 Å². The van der Waals surface area contributed by atoms with Crippen LogP contribution >= 0.6 is 23.1 Å². The Morgan fingerprint density at radius 3 is 2.88 bits per heavy atom. The second kappa shape index (κ2) is 6.70. The number of hydrogen-bond donors (Lipinski definition) is 1. The van der Waals surface area contributed by atoms with Gasteiger partial charge in [-0.15, -0.1) is 23.1 Å². The maximum atomic E-state index is 12.5. The second-order valence-electron chi connectivity index (χ2n) is 5.90. The van der Waals surface area contributed by atoms with Crippen LogP contribution in [0.2, 0.25) is 0 Å². The Labute approximate surface area is 148 Å². The van der Waals surface area contributed by atoms with E-state index in [0.29, 0.717) is 11.4 Å². The predicted molar refractivity (Wildman–Crippen MR) is 95.2 cm³/mol. The first-order valence-corrected chi connectivity index (χ1v) is 9.55. The molecule has 0 bridgehead atoms. The average Bonchev–Trinajstić information content (AvgIpc) is 2.95. The van der Waals surface area contributed by atoms with E-state index in [-0.39, 0.29) is 17.4 Å². The number of nitrogens with zero attached hydrogens (tertiary/aromatic N) is 2. The molecule has 3 rings (SSSR count). The molecule has 0 spiro atoms. The minimum atomic E-state index is -0.550. The molecule has 1 aromatic rings. The monoisotopic (exact) mass is 365 g/mol. The van der Waals surface area contributed by atoms with Crippen LogP contribution in [0.5, 0.6) is 0 Å². The minimum absolute atomic E-state index is 0.186. The number of thioether (sulfide) groups is 1. The Hall–Kier alpha value is -1.64. The quantitative estimate of drug-likeness (QED) is 0.648. The van der Waals surface area contributed by atoms with Crippen LogP contribution in [-0.2, 0) is 14.3 Å². The molecule has 0 aliphatic carbocycles. The first-order chi connectivity index (χ1) is 11.4. The van der Waals surface area contributed by atoms with Gasteiger partial charge >= 0.3 is 5.97 Å². The zero-order chi connectivity index (χ0) is 17.4. The molecule has 1 amide bonds. The number of esters is 1. The molecule has 8 heteroatoms. The lowest BCUT2D eigenvalue weighted by atomic mass is 10.0. The van der Waals surface area contributed by atoms with Crippen molar-refractivity contribution in [3.63, 3.8) is 0 Å². The van der Waals surface area contributed by atoms with E-state index in [1.807, 2.05) is 19.1 Å². The summed E-state index contributed by atoms with van der Waals surface area (Å²) in [6.45, 7) is 5.50. The lowest BCUT2D eigenvalue weighted by molar-refractivity contribution is -0.152. The second-order valence-corrected chi connectivity index (χ2v) is 7.89. The highest BCUT2D eigenvalue weighted by Gasteiger charge is 2.51. The van der Waals surface area contributed by atoms with Crippen molar-refractivity contribution in [2.24, 2.45) is 5.73 Å². The van der Waals surface area contributed by atoms with Gasteiger partial charge in [-0.25, -0.2) is 9.78 Å². The van der Waals surface area contributed by atoms with E-state index in [0.717, 1.165) is 16.1 Å². The number of amides is 1. The van der Waals surface area contributed by atoms with Crippen LogP contribution in [0.15, 0.2) is 22.9 Å². The van der Waals surface area contributed by atoms with E-state index >= 15 is 0 Å². The van der Waals surface area contributed by atoms with Crippen molar-refractivity contribution in [3.8, 4) is 0 Å².